The van der Waals surface area contributed by atoms with Gasteiger partial charge in [-0.2, -0.15) is 0 Å². The molecule has 0 saturated heterocycles. The van der Waals surface area contributed by atoms with Crippen molar-refractivity contribution in [2.24, 2.45) is 0 Å². The summed E-state index contributed by atoms with van der Waals surface area (Å²) in [7, 11) is 0. The van der Waals surface area contributed by atoms with Crippen LogP contribution in [-0.4, -0.2) is 35.1 Å². The van der Waals surface area contributed by atoms with E-state index in [4.69, 9.17) is 0 Å². The van der Waals surface area contributed by atoms with Gasteiger partial charge in [0.25, 0.3) is 0 Å². The smallest absolute Gasteiger partial charge is 0.243 e. The van der Waals surface area contributed by atoms with Crippen molar-refractivity contribution < 1.29 is 14.0 Å². The number of halogens is 1. The number of thioether (sulfide) groups is 1. The molecule has 1 N–H and O–H groups in total. The Morgan fingerprint density at radius 3 is 2.42 bits per heavy atom. The van der Waals surface area contributed by atoms with Gasteiger partial charge in [-0.15, -0.1) is 11.8 Å². The molecule has 0 aliphatic rings. The van der Waals surface area contributed by atoms with E-state index in [9.17, 15) is 14.0 Å². The molecule has 0 aliphatic carbocycles. The molecule has 0 aliphatic heterocycles. The Labute approximate surface area is 218 Å². The molecule has 3 aromatic rings. The van der Waals surface area contributed by atoms with Crippen LogP contribution in [0.2, 0.25) is 0 Å². The third-order valence-electron chi connectivity index (χ3n) is 5.98. The van der Waals surface area contributed by atoms with Gasteiger partial charge in [0.05, 0.1) is 5.75 Å². The second kappa shape index (κ2) is 14.4. The summed E-state index contributed by atoms with van der Waals surface area (Å²) in [4.78, 5) is 28.7. The summed E-state index contributed by atoms with van der Waals surface area (Å²) in [5, 5.41) is 3.04. The number of hydrogen-bond acceptors (Lipinski definition) is 3. The maximum absolute atomic E-state index is 14.1. The summed E-state index contributed by atoms with van der Waals surface area (Å²) in [6.45, 7) is 5.00. The molecule has 0 spiro atoms. The fourth-order valence-corrected chi connectivity index (χ4v) is 4.91. The van der Waals surface area contributed by atoms with Crippen LogP contribution < -0.4 is 5.32 Å². The van der Waals surface area contributed by atoms with Crippen molar-refractivity contribution in [1.29, 1.82) is 0 Å². The van der Waals surface area contributed by atoms with Crippen LogP contribution in [0.4, 0.5) is 4.39 Å². The van der Waals surface area contributed by atoms with Crippen molar-refractivity contribution in [2.75, 3.05) is 12.3 Å². The van der Waals surface area contributed by atoms with Gasteiger partial charge in [-0.05, 0) is 36.1 Å². The maximum atomic E-state index is 14.1. The molecule has 3 aromatic carbocycles. The van der Waals surface area contributed by atoms with Crippen LogP contribution in [0, 0.1) is 12.7 Å². The molecule has 4 nitrogen and oxygen atoms in total. The molecule has 0 unspecified atom stereocenters. The second-order valence-electron chi connectivity index (χ2n) is 8.95. The topological polar surface area (TPSA) is 49.4 Å². The zero-order valence-corrected chi connectivity index (χ0v) is 21.9. The standard InChI is InChI=1S/C30H35FN2O2S/c1-3-4-17-32-30(35)28(19-24-12-6-5-7-13-24)33(20-25-14-10-11-23(2)18-25)29(34)22-36-21-26-15-8-9-16-27(26)31/h5-16,18,28H,3-4,17,19-22H2,1-2H3,(H,32,35)/t28-/m1/s1. The molecule has 0 heterocycles. The lowest BCUT2D eigenvalue weighted by Crippen LogP contribution is -2.51. The lowest BCUT2D eigenvalue weighted by molar-refractivity contribution is -0.139. The van der Waals surface area contributed by atoms with Gasteiger partial charge >= 0.3 is 0 Å². The Balaban J connectivity index is 1.84. The number of carbonyl (C=O) groups is 2. The van der Waals surface area contributed by atoms with Gasteiger partial charge in [0.1, 0.15) is 11.9 Å². The first-order valence-corrected chi connectivity index (χ1v) is 13.6. The highest BCUT2D eigenvalue weighted by Crippen LogP contribution is 2.20. The van der Waals surface area contributed by atoms with Crippen molar-refractivity contribution in [2.45, 2.75) is 51.4 Å². The van der Waals surface area contributed by atoms with E-state index in [1.54, 1.807) is 23.1 Å². The Morgan fingerprint density at radius 2 is 1.69 bits per heavy atom. The first-order chi connectivity index (χ1) is 17.5. The fraction of sp³-hybridized carbons (Fsp3) is 0.333. The summed E-state index contributed by atoms with van der Waals surface area (Å²) in [5.74, 6) is -0.000629. The maximum Gasteiger partial charge on any atom is 0.243 e. The number of nitrogens with zero attached hydrogens (tertiary/aromatic N) is 1. The van der Waals surface area contributed by atoms with Gasteiger partial charge in [0, 0.05) is 25.3 Å². The third-order valence-corrected chi connectivity index (χ3v) is 6.94. The van der Waals surface area contributed by atoms with Crippen molar-refractivity contribution in [3.63, 3.8) is 0 Å². The predicted octanol–water partition coefficient (Wildman–Crippen LogP) is 5.92. The minimum absolute atomic E-state index is 0.135. The molecule has 2 amide bonds. The van der Waals surface area contributed by atoms with E-state index in [-0.39, 0.29) is 23.4 Å². The average Bonchev–Trinajstić information content (AvgIpc) is 2.88. The normalized spacial score (nSPS) is 11.6. The summed E-state index contributed by atoms with van der Waals surface area (Å²) < 4.78 is 14.1. The lowest BCUT2D eigenvalue weighted by Gasteiger charge is -2.31. The Morgan fingerprint density at radius 1 is 0.972 bits per heavy atom. The summed E-state index contributed by atoms with van der Waals surface area (Å²) in [6, 6.07) is 23.8. The zero-order chi connectivity index (χ0) is 25.8. The van der Waals surface area contributed by atoms with Gasteiger partial charge < -0.3 is 10.2 Å². The molecular formula is C30H35FN2O2S. The van der Waals surface area contributed by atoms with E-state index in [2.05, 4.69) is 12.2 Å². The van der Waals surface area contributed by atoms with Crippen molar-refractivity contribution in [1.82, 2.24) is 10.2 Å². The largest absolute Gasteiger partial charge is 0.354 e. The predicted molar refractivity (Wildman–Crippen MR) is 146 cm³/mol. The number of hydrogen-bond donors (Lipinski definition) is 1. The van der Waals surface area contributed by atoms with Gasteiger partial charge in [0.2, 0.25) is 11.8 Å². The summed E-state index contributed by atoms with van der Waals surface area (Å²) in [5.41, 5.74) is 3.63. The number of benzene rings is 3. The second-order valence-corrected chi connectivity index (χ2v) is 9.93. The van der Waals surface area contributed by atoms with Crippen molar-refractivity contribution >= 4 is 23.6 Å². The molecule has 3 rings (SSSR count). The Bertz CT molecular complexity index is 1120. The monoisotopic (exact) mass is 506 g/mol. The Kier molecular flexibility index (Phi) is 11.0. The zero-order valence-electron chi connectivity index (χ0n) is 21.1. The number of unbranched alkanes of at least 4 members (excludes halogenated alkanes) is 1. The summed E-state index contributed by atoms with van der Waals surface area (Å²) in [6.07, 6.45) is 2.28. The van der Waals surface area contributed by atoms with Crippen molar-refractivity contribution in [3.8, 4) is 0 Å². The quantitative estimate of drug-likeness (QED) is 0.293. The molecule has 6 heteroatoms. The van der Waals surface area contributed by atoms with E-state index >= 15 is 0 Å². The van der Waals surface area contributed by atoms with Gasteiger partial charge in [-0.25, -0.2) is 4.39 Å². The third kappa shape index (κ3) is 8.52. The van der Waals surface area contributed by atoms with E-state index in [0.29, 0.717) is 30.8 Å². The van der Waals surface area contributed by atoms with Gasteiger partial charge in [-0.1, -0.05) is 91.7 Å². The lowest BCUT2D eigenvalue weighted by atomic mass is 10.0. The van der Waals surface area contributed by atoms with E-state index < -0.39 is 6.04 Å². The first kappa shape index (κ1) is 27.5. The minimum Gasteiger partial charge on any atom is -0.354 e. The average molecular weight is 507 g/mol. The number of amides is 2. The SMILES string of the molecule is CCCCNC(=O)[C@@H](Cc1ccccc1)N(Cc1cccc(C)c1)C(=O)CSCc1ccccc1F. The molecule has 1 atom stereocenters. The molecule has 0 aromatic heterocycles. The van der Waals surface area contributed by atoms with Gasteiger partial charge in [-0.3, -0.25) is 9.59 Å². The number of carbonyl (C=O) groups excluding carboxylic acids is 2. The molecule has 36 heavy (non-hydrogen) atoms. The van der Waals surface area contributed by atoms with E-state index in [1.807, 2.05) is 61.5 Å². The molecule has 0 fully saturated rings. The minimum atomic E-state index is -0.647. The Hall–Kier alpha value is -3.12. The van der Waals surface area contributed by atoms with Gasteiger partial charge in [0.15, 0.2) is 0 Å². The highest BCUT2D eigenvalue weighted by molar-refractivity contribution is 7.99. The number of aryl methyl sites for hydroxylation is 1. The number of nitrogens with one attached hydrogen (secondary N) is 1. The van der Waals surface area contributed by atoms with Crippen LogP contribution in [-0.2, 0) is 28.3 Å². The molecule has 190 valence electrons. The fourth-order valence-electron chi connectivity index (χ4n) is 4.01. The summed E-state index contributed by atoms with van der Waals surface area (Å²) >= 11 is 1.36. The van der Waals surface area contributed by atoms with Crippen molar-refractivity contribution in [3.05, 3.63) is 107 Å². The van der Waals surface area contributed by atoms with Crippen LogP contribution in [0.3, 0.4) is 0 Å². The number of rotatable bonds is 13. The van der Waals surface area contributed by atoms with Crippen LogP contribution in [0.25, 0.3) is 0 Å². The molecule has 0 radical (unpaired) electrons. The van der Waals surface area contributed by atoms with Crippen LogP contribution in [0.15, 0.2) is 78.9 Å². The molecular weight excluding hydrogens is 471 g/mol. The highest BCUT2D eigenvalue weighted by Gasteiger charge is 2.30. The first-order valence-electron chi connectivity index (χ1n) is 12.5. The van der Waals surface area contributed by atoms with Crippen LogP contribution in [0.1, 0.15) is 42.0 Å². The van der Waals surface area contributed by atoms with Crippen LogP contribution >= 0.6 is 11.8 Å². The molecule has 0 saturated carbocycles. The van der Waals surface area contributed by atoms with E-state index in [1.165, 1.54) is 17.8 Å². The van der Waals surface area contributed by atoms with Crippen LogP contribution in [0.5, 0.6) is 0 Å². The van der Waals surface area contributed by atoms with E-state index in [0.717, 1.165) is 29.5 Å². The highest BCUT2D eigenvalue weighted by atomic mass is 32.2. The molecule has 0 bridgehead atoms.